The smallest absolute Gasteiger partial charge is 0.331 e. The Balaban J connectivity index is 2.06. The van der Waals surface area contributed by atoms with E-state index in [9.17, 15) is 4.79 Å². The van der Waals surface area contributed by atoms with Gasteiger partial charge in [0.25, 0.3) is 0 Å². The van der Waals surface area contributed by atoms with Gasteiger partial charge in [-0.3, -0.25) is 0 Å². The second-order valence-electron chi connectivity index (χ2n) is 4.89. The van der Waals surface area contributed by atoms with Gasteiger partial charge in [-0.05, 0) is 29.3 Å². The molecule has 0 bridgehead atoms. The molecule has 0 saturated heterocycles. The van der Waals surface area contributed by atoms with Gasteiger partial charge >= 0.3 is 5.97 Å². The van der Waals surface area contributed by atoms with E-state index in [1.165, 1.54) is 13.2 Å². The fraction of sp³-hybridized carbons (Fsp3) is 0.211. The van der Waals surface area contributed by atoms with Crippen molar-refractivity contribution in [1.82, 2.24) is 0 Å². The molecule has 5 heteroatoms. The van der Waals surface area contributed by atoms with Crippen LogP contribution in [0.15, 0.2) is 48.5 Å². The largest absolute Gasteiger partial charge is 0.493 e. The predicted octanol–water partition coefficient (Wildman–Crippen LogP) is 3.47. The summed E-state index contributed by atoms with van der Waals surface area (Å²) in [6.45, 7) is 0.235. The second kappa shape index (κ2) is 8.62. The van der Waals surface area contributed by atoms with E-state index >= 15 is 0 Å². The average molecular weight is 328 g/mol. The molecule has 0 saturated carbocycles. The maximum Gasteiger partial charge on any atom is 0.331 e. The van der Waals surface area contributed by atoms with Crippen LogP contribution < -0.4 is 14.2 Å². The van der Waals surface area contributed by atoms with Gasteiger partial charge in [0, 0.05) is 6.08 Å². The predicted molar refractivity (Wildman–Crippen MR) is 91.4 cm³/mol. The molecule has 2 aromatic carbocycles. The number of carbonyl (C=O) groups is 1. The minimum Gasteiger partial charge on any atom is -0.493 e. The SMILES string of the molecule is COc1cc(C=CC(=O)OCc2ccccc2)cc(OC)c1OC. The van der Waals surface area contributed by atoms with Gasteiger partial charge in [0.15, 0.2) is 11.5 Å². The Morgan fingerprint density at radius 1 is 0.958 bits per heavy atom. The third-order valence-electron chi connectivity index (χ3n) is 3.32. The summed E-state index contributed by atoms with van der Waals surface area (Å²) in [5, 5.41) is 0. The van der Waals surface area contributed by atoms with E-state index in [0.29, 0.717) is 17.2 Å². The van der Waals surface area contributed by atoms with Crippen molar-refractivity contribution in [3.63, 3.8) is 0 Å². The molecule has 0 radical (unpaired) electrons. The molecule has 0 N–H and O–H groups in total. The van der Waals surface area contributed by atoms with Crippen LogP contribution in [0, 0.1) is 0 Å². The minimum atomic E-state index is -0.424. The Morgan fingerprint density at radius 2 is 1.58 bits per heavy atom. The first-order chi connectivity index (χ1) is 11.7. The quantitative estimate of drug-likeness (QED) is 0.575. The molecule has 0 aliphatic heterocycles. The Morgan fingerprint density at radius 3 is 2.12 bits per heavy atom. The molecule has 0 aliphatic rings. The summed E-state index contributed by atoms with van der Waals surface area (Å²) in [7, 11) is 4.62. The van der Waals surface area contributed by atoms with Crippen molar-refractivity contribution < 1.29 is 23.7 Å². The molecule has 24 heavy (non-hydrogen) atoms. The van der Waals surface area contributed by atoms with Crippen LogP contribution >= 0.6 is 0 Å². The van der Waals surface area contributed by atoms with Crippen LogP contribution in [0.3, 0.4) is 0 Å². The molecule has 0 unspecified atom stereocenters. The van der Waals surface area contributed by atoms with Crippen molar-refractivity contribution in [2.45, 2.75) is 6.61 Å². The number of hydrogen-bond donors (Lipinski definition) is 0. The van der Waals surface area contributed by atoms with Crippen molar-refractivity contribution in [3.05, 3.63) is 59.7 Å². The lowest BCUT2D eigenvalue weighted by Crippen LogP contribution is -2.00. The minimum absolute atomic E-state index is 0.235. The number of hydrogen-bond acceptors (Lipinski definition) is 5. The van der Waals surface area contributed by atoms with Gasteiger partial charge in [-0.2, -0.15) is 0 Å². The normalized spacial score (nSPS) is 10.5. The van der Waals surface area contributed by atoms with E-state index in [1.807, 2.05) is 30.3 Å². The van der Waals surface area contributed by atoms with Gasteiger partial charge in [0.1, 0.15) is 6.61 Å². The first-order valence-electron chi connectivity index (χ1n) is 7.36. The highest BCUT2D eigenvalue weighted by atomic mass is 16.5. The standard InChI is InChI=1S/C19H20O5/c1-21-16-11-15(12-17(22-2)19(16)23-3)9-10-18(20)24-13-14-7-5-4-6-8-14/h4-12H,13H2,1-3H3. The van der Waals surface area contributed by atoms with Crippen LogP contribution in [0.4, 0.5) is 0 Å². The number of carbonyl (C=O) groups excluding carboxylic acids is 1. The first-order valence-corrected chi connectivity index (χ1v) is 7.36. The van der Waals surface area contributed by atoms with Crippen molar-refractivity contribution >= 4 is 12.0 Å². The molecule has 0 heterocycles. The van der Waals surface area contributed by atoms with E-state index < -0.39 is 5.97 Å². The first kappa shape index (κ1) is 17.4. The van der Waals surface area contributed by atoms with Gasteiger partial charge in [-0.15, -0.1) is 0 Å². The Bertz CT molecular complexity index is 682. The highest BCUT2D eigenvalue weighted by molar-refractivity contribution is 5.87. The van der Waals surface area contributed by atoms with E-state index in [2.05, 4.69) is 0 Å². The summed E-state index contributed by atoms with van der Waals surface area (Å²) >= 11 is 0. The molecule has 2 rings (SSSR count). The van der Waals surface area contributed by atoms with Gasteiger partial charge in [0.2, 0.25) is 5.75 Å². The van der Waals surface area contributed by atoms with Crippen molar-refractivity contribution in [3.8, 4) is 17.2 Å². The lowest BCUT2D eigenvalue weighted by molar-refractivity contribution is -0.138. The maximum absolute atomic E-state index is 11.8. The summed E-state index contributed by atoms with van der Waals surface area (Å²) in [6.07, 6.45) is 3.00. The zero-order valence-corrected chi connectivity index (χ0v) is 13.9. The second-order valence-corrected chi connectivity index (χ2v) is 4.89. The third-order valence-corrected chi connectivity index (χ3v) is 3.32. The van der Waals surface area contributed by atoms with E-state index in [0.717, 1.165) is 11.1 Å². The topological polar surface area (TPSA) is 54.0 Å². The van der Waals surface area contributed by atoms with Crippen LogP contribution in [0.1, 0.15) is 11.1 Å². The molecule has 0 amide bonds. The van der Waals surface area contributed by atoms with Gasteiger partial charge in [0.05, 0.1) is 21.3 Å². The fourth-order valence-electron chi connectivity index (χ4n) is 2.14. The van der Waals surface area contributed by atoms with Gasteiger partial charge in [-0.1, -0.05) is 30.3 Å². The zero-order valence-electron chi connectivity index (χ0n) is 13.9. The number of rotatable bonds is 7. The fourth-order valence-corrected chi connectivity index (χ4v) is 2.14. The van der Waals surface area contributed by atoms with Crippen LogP contribution in [-0.4, -0.2) is 27.3 Å². The monoisotopic (exact) mass is 328 g/mol. The maximum atomic E-state index is 11.8. The average Bonchev–Trinajstić information content (AvgIpc) is 2.64. The van der Waals surface area contributed by atoms with Crippen LogP contribution in [0.25, 0.3) is 6.08 Å². The number of esters is 1. The molecule has 126 valence electrons. The highest BCUT2D eigenvalue weighted by Gasteiger charge is 2.12. The number of methoxy groups -OCH3 is 3. The van der Waals surface area contributed by atoms with Crippen molar-refractivity contribution in [2.75, 3.05) is 21.3 Å². The Kier molecular flexibility index (Phi) is 6.25. The lowest BCUT2D eigenvalue weighted by atomic mass is 10.1. The summed E-state index contributed by atoms with van der Waals surface area (Å²) in [6, 6.07) is 13.0. The van der Waals surface area contributed by atoms with E-state index in [-0.39, 0.29) is 6.61 Å². The van der Waals surface area contributed by atoms with E-state index in [1.54, 1.807) is 32.4 Å². The third kappa shape index (κ3) is 4.52. The molecule has 5 nitrogen and oxygen atoms in total. The van der Waals surface area contributed by atoms with Crippen molar-refractivity contribution in [1.29, 1.82) is 0 Å². The van der Waals surface area contributed by atoms with Crippen LogP contribution in [0.2, 0.25) is 0 Å². The molecular weight excluding hydrogens is 308 g/mol. The molecule has 0 atom stereocenters. The number of benzene rings is 2. The molecule has 0 aliphatic carbocycles. The molecular formula is C19H20O5. The zero-order chi connectivity index (χ0) is 17.4. The lowest BCUT2D eigenvalue weighted by Gasteiger charge is -2.12. The Labute approximate surface area is 141 Å². The van der Waals surface area contributed by atoms with Crippen molar-refractivity contribution in [2.24, 2.45) is 0 Å². The van der Waals surface area contributed by atoms with Gasteiger partial charge < -0.3 is 18.9 Å². The summed E-state index contributed by atoms with van der Waals surface area (Å²) in [4.78, 5) is 11.8. The number of ether oxygens (including phenoxy) is 4. The Hall–Kier alpha value is -2.95. The molecule has 0 fully saturated rings. The molecule has 0 aromatic heterocycles. The molecule has 0 spiro atoms. The summed E-state index contributed by atoms with van der Waals surface area (Å²) in [5.41, 5.74) is 1.67. The van der Waals surface area contributed by atoms with Crippen LogP contribution in [-0.2, 0) is 16.1 Å². The highest BCUT2D eigenvalue weighted by Crippen LogP contribution is 2.38. The van der Waals surface area contributed by atoms with Gasteiger partial charge in [-0.25, -0.2) is 4.79 Å². The summed E-state index contributed by atoms with van der Waals surface area (Å²) in [5.74, 6) is 1.12. The molecule has 2 aromatic rings. The van der Waals surface area contributed by atoms with E-state index in [4.69, 9.17) is 18.9 Å². The summed E-state index contributed by atoms with van der Waals surface area (Å²) < 4.78 is 21.0. The van der Waals surface area contributed by atoms with Crippen LogP contribution in [0.5, 0.6) is 17.2 Å².